The maximum atomic E-state index is 13.8. The summed E-state index contributed by atoms with van der Waals surface area (Å²) in [5.74, 6) is 2.01. The summed E-state index contributed by atoms with van der Waals surface area (Å²) in [4.78, 5) is 20.1. The monoisotopic (exact) mass is 489 g/mol. The topological polar surface area (TPSA) is 56.6 Å². The minimum Gasteiger partial charge on any atom is -0.496 e. The highest BCUT2D eigenvalue weighted by Crippen LogP contribution is 2.41. The Kier molecular flexibility index (Phi) is 6.39. The number of amides is 1. The van der Waals surface area contributed by atoms with Gasteiger partial charge in [0.15, 0.2) is 0 Å². The Labute approximate surface area is 210 Å². The lowest BCUT2D eigenvalue weighted by molar-refractivity contribution is 0.0713. The molecule has 0 radical (unpaired) electrons. The number of rotatable bonds is 5. The molecule has 5 rings (SSSR count). The van der Waals surface area contributed by atoms with E-state index in [0.717, 1.165) is 57.8 Å². The molecule has 0 unspecified atom stereocenters. The fourth-order valence-corrected chi connectivity index (χ4v) is 5.39. The zero-order chi connectivity index (χ0) is 24.5. The van der Waals surface area contributed by atoms with Crippen molar-refractivity contribution in [2.75, 3.05) is 27.3 Å². The number of nitrogens with zero attached hydrogens (tertiary/aromatic N) is 3. The fraction of sp³-hybridized carbons (Fsp3) is 0.286. The second kappa shape index (κ2) is 9.62. The van der Waals surface area contributed by atoms with Gasteiger partial charge in [-0.2, -0.15) is 0 Å². The zero-order valence-corrected chi connectivity index (χ0v) is 20.9. The van der Waals surface area contributed by atoms with Gasteiger partial charge < -0.3 is 18.9 Å². The number of hydrogen-bond acceptors (Lipinski definition) is 4. The third-order valence-corrected chi connectivity index (χ3v) is 7.18. The zero-order valence-electron chi connectivity index (χ0n) is 20.1. The van der Waals surface area contributed by atoms with Crippen molar-refractivity contribution < 1.29 is 14.3 Å². The molecule has 0 bridgehead atoms. The molecule has 7 heteroatoms. The lowest BCUT2D eigenvalue weighted by Crippen LogP contribution is -2.38. The number of carbonyl (C=O) groups excluding carboxylic acids is 1. The van der Waals surface area contributed by atoms with Crippen molar-refractivity contribution in [1.29, 1.82) is 0 Å². The molecule has 1 amide bonds. The van der Waals surface area contributed by atoms with Crippen LogP contribution in [0.3, 0.4) is 0 Å². The second-order valence-corrected chi connectivity index (χ2v) is 9.18. The summed E-state index contributed by atoms with van der Waals surface area (Å²) in [6, 6.07) is 17.6. The Bertz CT molecular complexity index is 1350. The molecule has 0 saturated carbocycles. The molecule has 35 heavy (non-hydrogen) atoms. The Hall–Kier alpha value is -3.51. The van der Waals surface area contributed by atoms with Gasteiger partial charge in [0.2, 0.25) is 0 Å². The molecule has 1 saturated heterocycles. The van der Waals surface area contributed by atoms with Crippen LogP contribution in [0.25, 0.3) is 16.6 Å². The molecule has 2 aromatic carbocycles. The van der Waals surface area contributed by atoms with E-state index in [-0.39, 0.29) is 11.8 Å². The maximum absolute atomic E-state index is 13.8. The van der Waals surface area contributed by atoms with Crippen molar-refractivity contribution in [1.82, 2.24) is 14.5 Å². The van der Waals surface area contributed by atoms with Crippen molar-refractivity contribution in [2.24, 2.45) is 0 Å². The highest BCUT2D eigenvalue weighted by Gasteiger charge is 2.31. The first-order chi connectivity index (χ1) is 17.0. The summed E-state index contributed by atoms with van der Waals surface area (Å²) in [7, 11) is 3.37. The number of para-hydroxylation sites is 1. The number of methoxy groups -OCH3 is 2. The van der Waals surface area contributed by atoms with Crippen LogP contribution in [0, 0.1) is 6.92 Å². The minimum absolute atomic E-state index is 0.0600. The molecule has 180 valence electrons. The van der Waals surface area contributed by atoms with Gasteiger partial charge >= 0.3 is 0 Å². The number of pyridine rings is 1. The van der Waals surface area contributed by atoms with Gasteiger partial charge in [0.1, 0.15) is 16.7 Å². The summed E-state index contributed by atoms with van der Waals surface area (Å²) in [6.45, 7) is 3.34. The second-order valence-electron chi connectivity index (χ2n) is 8.79. The van der Waals surface area contributed by atoms with Crippen LogP contribution in [-0.2, 0) is 0 Å². The van der Waals surface area contributed by atoms with E-state index in [4.69, 9.17) is 21.1 Å². The van der Waals surface area contributed by atoms with Crippen molar-refractivity contribution in [3.8, 4) is 17.2 Å². The lowest BCUT2D eigenvalue weighted by Gasteiger charge is -2.33. The molecule has 0 aliphatic carbocycles. The Morgan fingerprint density at radius 3 is 2.29 bits per heavy atom. The highest BCUT2D eigenvalue weighted by molar-refractivity contribution is 6.29. The molecule has 4 aromatic rings. The summed E-state index contributed by atoms with van der Waals surface area (Å²) in [5.41, 5.74) is 4.58. The predicted molar refractivity (Wildman–Crippen MR) is 138 cm³/mol. The molecule has 0 N–H and O–H groups in total. The number of hydrogen-bond donors (Lipinski definition) is 0. The van der Waals surface area contributed by atoms with E-state index in [2.05, 4.69) is 9.55 Å². The molecule has 1 aliphatic rings. The van der Waals surface area contributed by atoms with Crippen LogP contribution in [0.1, 0.15) is 40.4 Å². The Balaban J connectivity index is 1.45. The van der Waals surface area contributed by atoms with Gasteiger partial charge in [0.25, 0.3) is 5.91 Å². The molecule has 1 aliphatic heterocycles. The Morgan fingerprint density at radius 1 is 0.971 bits per heavy atom. The molecular weight excluding hydrogens is 462 g/mol. The summed E-state index contributed by atoms with van der Waals surface area (Å²) in [6.07, 6.45) is 3.44. The fourth-order valence-electron chi connectivity index (χ4n) is 5.28. The van der Waals surface area contributed by atoms with E-state index in [0.29, 0.717) is 18.2 Å². The number of aromatic nitrogens is 2. The van der Waals surface area contributed by atoms with Gasteiger partial charge in [0, 0.05) is 29.7 Å². The van der Waals surface area contributed by atoms with Crippen molar-refractivity contribution in [3.05, 3.63) is 82.8 Å². The molecule has 0 spiro atoms. The van der Waals surface area contributed by atoms with E-state index in [1.165, 1.54) is 0 Å². The molecule has 1 fully saturated rings. The van der Waals surface area contributed by atoms with Crippen molar-refractivity contribution in [2.45, 2.75) is 25.7 Å². The third kappa shape index (κ3) is 4.12. The summed E-state index contributed by atoms with van der Waals surface area (Å²) < 4.78 is 13.3. The first kappa shape index (κ1) is 23.2. The average molecular weight is 490 g/mol. The predicted octanol–water partition coefficient (Wildman–Crippen LogP) is 6.02. The van der Waals surface area contributed by atoms with Crippen LogP contribution >= 0.6 is 11.6 Å². The van der Waals surface area contributed by atoms with Crippen LogP contribution in [0.15, 0.2) is 60.8 Å². The number of benzene rings is 2. The van der Waals surface area contributed by atoms with Gasteiger partial charge in [0.05, 0.1) is 37.2 Å². The SMILES string of the molecule is COc1cccc(OC)c1C1CCN(C(=O)c2c(C)n(-c3ccc(Cl)nc3)c3ccccc23)CC1. The van der Waals surface area contributed by atoms with E-state index < -0.39 is 0 Å². The van der Waals surface area contributed by atoms with Gasteiger partial charge in [-0.1, -0.05) is 35.9 Å². The summed E-state index contributed by atoms with van der Waals surface area (Å²) >= 11 is 6.01. The number of carbonyl (C=O) groups is 1. The number of fused-ring (bicyclic) bond motifs is 1. The highest BCUT2D eigenvalue weighted by atomic mass is 35.5. The van der Waals surface area contributed by atoms with Gasteiger partial charge in [-0.15, -0.1) is 0 Å². The van der Waals surface area contributed by atoms with Crippen LogP contribution in [-0.4, -0.2) is 47.7 Å². The van der Waals surface area contributed by atoms with Crippen LogP contribution in [0.2, 0.25) is 5.15 Å². The van der Waals surface area contributed by atoms with E-state index in [1.807, 2.05) is 60.4 Å². The van der Waals surface area contributed by atoms with E-state index in [9.17, 15) is 4.79 Å². The number of piperidine rings is 1. The largest absolute Gasteiger partial charge is 0.496 e. The van der Waals surface area contributed by atoms with Crippen LogP contribution < -0.4 is 9.47 Å². The average Bonchev–Trinajstić information content (AvgIpc) is 3.20. The number of halogens is 1. The smallest absolute Gasteiger partial charge is 0.256 e. The summed E-state index contributed by atoms with van der Waals surface area (Å²) in [5, 5.41) is 1.38. The molecule has 2 aromatic heterocycles. The van der Waals surface area contributed by atoms with Crippen molar-refractivity contribution in [3.63, 3.8) is 0 Å². The van der Waals surface area contributed by atoms with Crippen LogP contribution in [0.5, 0.6) is 11.5 Å². The Morgan fingerprint density at radius 2 is 1.66 bits per heavy atom. The van der Waals surface area contributed by atoms with Gasteiger partial charge in [-0.3, -0.25) is 4.79 Å². The van der Waals surface area contributed by atoms with E-state index in [1.54, 1.807) is 26.5 Å². The molecule has 0 atom stereocenters. The molecule has 6 nitrogen and oxygen atoms in total. The van der Waals surface area contributed by atoms with E-state index >= 15 is 0 Å². The molecular formula is C28H28ClN3O3. The normalized spacial score (nSPS) is 14.3. The van der Waals surface area contributed by atoms with Crippen molar-refractivity contribution >= 4 is 28.4 Å². The van der Waals surface area contributed by atoms with Gasteiger partial charge in [-0.05, 0) is 56.0 Å². The minimum atomic E-state index is 0.0600. The van der Waals surface area contributed by atoms with Gasteiger partial charge in [-0.25, -0.2) is 4.98 Å². The standard InChI is InChI=1S/C28H28ClN3O3/c1-18-26(21-7-4-5-8-22(21)32(18)20-11-12-25(29)30-17-20)28(33)31-15-13-19(14-16-31)27-23(34-2)9-6-10-24(27)35-3/h4-12,17,19H,13-16H2,1-3H3. The van der Waals surface area contributed by atoms with Crippen LogP contribution in [0.4, 0.5) is 0 Å². The lowest BCUT2D eigenvalue weighted by atomic mass is 9.87. The quantitative estimate of drug-likeness (QED) is 0.321. The number of ether oxygens (including phenoxy) is 2. The molecule has 3 heterocycles. The third-order valence-electron chi connectivity index (χ3n) is 6.95. The maximum Gasteiger partial charge on any atom is 0.256 e. The first-order valence-corrected chi connectivity index (χ1v) is 12.1. The number of likely N-dealkylation sites (tertiary alicyclic amines) is 1. The first-order valence-electron chi connectivity index (χ1n) is 11.8.